The van der Waals surface area contributed by atoms with Crippen molar-refractivity contribution in [1.82, 2.24) is 4.57 Å². The lowest BCUT2D eigenvalue weighted by molar-refractivity contribution is -0.384. The Morgan fingerprint density at radius 1 is 0.957 bits per heavy atom. The largest absolute Gasteiger partial charge is 0.310 e. The van der Waals surface area contributed by atoms with Gasteiger partial charge in [0, 0.05) is 29.4 Å². The summed E-state index contributed by atoms with van der Waals surface area (Å²) in [6.45, 7) is 0. The Morgan fingerprint density at radius 3 is 2.35 bits per heavy atom. The molecule has 0 amide bonds. The Bertz CT molecular complexity index is 1100. The minimum absolute atomic E-state index is 0.167. The van der Waals surface area contributed by atoms with Gasteiger partial charge in [-0.2, -0.15) is 0 Å². The van der Waals surface area contributed by atoms with Crippen LogP contribution in [-0.2, 0) is 7.05 Å². The highest BCUT2D eigenvalue weighted by Crippen LogP contribution is 2.43. The predicted molar refractivity (Wildman–Crippen MR) is 84.7 cm³/mol. The van der Waals surface area contributed by atoms with Crippen LogP contribution in [0.5, 0.6) is 0 Å². The molecule has 1 heterocycles. The first-order valence-electron chi connectivity index (χ1n) is 6.96. The zero-order valence-electron chi connectivity index (χ0n) is 12.1. The maximum absolute atomic E-state index is 12.8. The van der Waals surface area contributed by atoms with E-state index in [0.717, 1.165) is 0 Å². The molecule has 112 valence electrons. The van der Waals surface area contributed by atoms with Gasteiger partial charge in [-0.3, -0.25) is 19.7 Å². The number of pyridine rings is 1. The molecule has 0 fully saturated rings. The van der Waals surface area contributed by atoms with Gasteiger partial charge in [-0.05, 0) is 12.1 Å². The number of hydrogen-bond donors (Lipinski definition) is 0. The van der Waals surface area contributed by atoms with Gasteiger partial charge in [-0.25, -0.2) is 0 Å². The lowest BCUT2D eigenvalue weighted by Crippen LogP contribution is -2.20. The zero-order chi connectivity index (χ0) is 16.3. The molecular weight excluding hydrogens is 296 g/mol. The molecule has 0 aliphatic heterocycles. The van der Waals surface area contributed by atoms with E-state index < -0.39 is 4.92 Å². The molecule has 0 unspecified atom stereocenters. The number of carbonyl (C=O) groups is 1. The van der Waals surface area contributed by atoms with Gasteiger partial charge in [-0.1, -0.05) is 24.3 Å². The van der Waals surface area contributed by atoms with Crippen molar-refractivity contribution in [2.24, 2.45) is 7.05 Å². The Labute approximate surface area is 129 Å². The summed E-state index contributed by atoms with van der Waals surface area (Å²) >= 11 is 0. The molecular formula is C17H10N2O4. The van der Waals surface area contributed by atoms with Gasteiger partial charge >= 0.3 is 0 Å². The molecule has 1 aliphatic rings. The van der Waals surface area contributed by atoms with Gasteiger partial charge in [-0.15, -0.1) is 0 Å². The third-order valence-electron chi connectivity index (χ3n) is 4.25. The molecule has 0 saturated carbocycles. The molecule has 0 saturated heterocycles. The molecule has 0 radical (unpaired) electrons. The molecule has 6 nitrogen and oxygen atoms in total. The van der Waals surface area contributed by atoms with Gasteiger partial charge in [0.15, 0.2) is 5.78 Å². The van der Waals surface area contributed by atoms with Crippen molar-refractivity contribution in [2.75, 3.05) is 0 Å². The van der Waals surface area contributed by atoms with E-state index >= 15 is 0 Å². The fourth-order valence-electron chi connectivity index (χ4n) is 3.25. The Hall–Kier alpha value is -3.28. The first-order valence-corrected chi connectivity index (χ1v) is 6.96. The minimum atomic E-state index is -0.527. The average molecular weight is 306 g/mol. The monoisotopic (exact) mass is 306 g/mol. The zero-order valence-corrected chi connectivity index (χ0v) is 12.1. The van der Waals surface area contributed by atoms with E-state index in [2.05, 4.69) is 0 Å². The van der Waals surface area contributed by atoms with Crippen LogP contribution in [0.3, 0.4) is 0 Å². The Balaban J connectivity index is 2.28. The third kappa shape index (κ3) is 1.57. The smallest absolute Gasteiger partial charge is 0.279 e. The maximum atomic E-state index is 12.8. The van der Waals surface area contributed by atoms with Crippen molar-refractivity contribution in [3.05, 3.63) is 74.1 Å². The van der Waals surface area contributed by atoms with E-state index in [1.54, 1.807) is 30.3 Å². The number of carbonyl (C=O) groups excluding carboxylic acids is 1. The quantitative estimate of drug-likeness (QED) is 0.400. The highest BCUT2D eigenvalue weighted by molar-refractivity contribution is 6.27. The molecule has 0 atom stereocenters. The van der Waals surface area contributed by atoms with Crippen molar-refractivity contribution in [1.29, 1.82) is 0 Å². The van der Waals surface area contributed by atoms with Crippen LogP contribution in [0.4, 0.5) is 5.69 Å². The average Bonchev–Trinajstić information content (AvgIpc) is 2.86. The second kappa shape index (κ2) is 4.36. The van der Waals surface area contributed by atoms with Gasteiger partial charge in [0.1, 0.15) is 0 Å². The third-order valence-corrected chi connectivity index (χ3v) is 4.25. The number of rotatable bonds is 1. The second-order valence-electron chi connectivity index (χ2n) is 5.42. The molecule has 0 spiro atoms. The first-order chi connectivity index (χ1) is 11.0. The van der Waals surface area contributed by atoms with E-state index in [1.165, 1.54) is 23.7 Å². The number of aromatic nitrogens is 1. The standard InChI is InChI=1S/C17H10N2O4/c1-18-15-13-11(7-4-8-12(13)19(22)23)16(20)14(15)9-5-2-3-6-10(9)17(18)21/h2-8H,1H3. The summed E-state index contributed by atoms with van der Waals surface area (Å²) in [6, 6.07) is 11.2. The number of fused-ring (bicyclic) bond motifs is 5. The van der Waals surface area contributed by atoms with Crippen molar-refractivity contribution in [3.8, 4) is 11.3 Å². The Kier molecular flexibility index (Phi) is 2.54. The molecule has 0 N–H and O–H groups in total. The lowest BCUT2D eigenvalue weighted by Gasteiger charge is -2.10. The topological polar surface area (TPSA) is 82.2 Å². The number of ketones is 1. The fourth-order valence-corrected chi connectivity index (χ4v) is 3.25. The van der Waals surface area contributed by atoms with Crippen molar-refractivity contribution < 1.29 is 9.72 Å². The SMILES string of the molecule is Cn1c2c(c3ccccc3c1=O)C(=O)c1cccc([N+](=O)[O-])c1-2. The highest BCUT2D eigenvalue weighted by atomic mass is 16.6. The van der Waals surface area contributed by atoms with Crippen molar-refractivity contribution in [3.63, 3.8) is 0 Å². The number of nitrogens with zero attached hydrogens (tertiary/aromatic N) is 2. The number of nitro benzene ring substituents is 1. The number of hydrogen-bond acceptors (Lipinski definition) is 4. The van der Waals surface area contributed by atoms with Crippen LogP contribution in [0.15, 0.2) is 47.3 Å². The predicted octanol–water partition coefficient (Wildman–Crippen LogP) is 2.66. The summed E-state index contributed by atoms with van der Waals surface area (Å²) < 4.78 is 1.33. The van der Waals surface area contributed by atoms with E-state index in [0.29, 0.717) is 22.0 Å². The van der Waals surface area contributed by atoms with Crippen LogP contribution in [-0.4, -0.2) is 15.3 Å². The second-order valence-corrected chi connectivity index (χ2v) is 5.42. The summed E-state index contributed by atoms with van der Waals surface area (Å²) in [5.41, 5.74) is 0.717. The fraction of sp³-hybridized carbons (Fsp3) is 0.0588. The van der Waals surface area contributed by atoms with Gasteiger partial charge in [0.2, 0.25) is 0 Å². The molecule has 0 bridgehead atoms. The van der Waals surface area contributed by atoms with E-state index in [9.17, 15) is 19.7 Å². The van der Waals surface area contributed by atoms with E-state index in [1.807, 2.05) is 0 Å². The molecule has 1 aromatic heterocycles. The lowest BCUT2D eigenvalue weighted by atomic mass is 10.0. The van der Waals surface area contributed by atoms with Crippen molar-refractivity contribution >= 4 is 22.2 Å². The van der Waals surface area contributed by atoms with Crippen LogP contribution in [0, 0.1) is 10.1 Å². The minimum Gasteiger partial charge on any atom is -0.310 e. The maximum Gasteiger partial charge on any atom is 0.279 e. The summed E-state index contributed by atoms with van der Waals surface area (Å²) in [6.07, 6.45) is 0. The molecule has 4 rings (SSSR count). The van der Waals surface area contributed by atoms with Crippen molar-refractivity contribution in [2.45, 2.75) is 0 Å². The van der Waals surface area contributed by atoms with E-state index in [-0.39, 0.29) is 28.2 Å². The molecule has 6 heteroatoms. The molecule has 2 aromatic carbocycles. The van der Waals surface area contributed by atoms with Gasteiger partial charge < -0.3 is 4.57 Å². The van der Waals surface area contributed by atoms with E-state index in [4.69, 9.17) is 0 Å². The molecule has 1 aliphatic carbocycles. The molecule has 23 heavy (non-hydrogen) atoms. The summed E-state index contributed by atoms with van der Waals surface area (Å²) in [4.78, 5) is 36.2. The van der Waals surface area contributed by atoms with Crippen LogP contribution < -0.4 is 5.56 Å². The molecule has 3 aromatic rings. The number of nitro groups is 1. The van der Waals surface area contributed by atoms with Crippen LogP contribution in [0.2, 0.25) is 0 Å². The first kappa shape index (κ1) is 13.4. The van der Waals surface area contributed by atoms with Gasteiger partial charge in [0.25, 0.3) is 11.2 Å². The highest BCUT2D eigenvalue weighted by Gasteiger charge is 2.36. The number of benzene rings is 2. The van der Waals surface area contributed by atoms with Crippen LogP contribution >= 0.6 is 0 Å². The van der Waals surface area contributed by atoms with Crippen LogP contribution in [0.1, 0.15) is 15.9 Å². The van der Waals surface area contributed by atoms with Crippen LogP contribution in [0.25, 0.3) is 22.0 Å². The normalized spacial score (nSPS) is 12.3. The van der Waals surface area contributed by atoms with Gasteiger partial charge in [0.05, 0.1) is 21.7 Å². The summed E-state index contributed by atoms with van der Waals surface area (Å²) in [5, 5.41) is 12.3. The summed E-state index contributed by atoms with van der Waals surface area (Å²) in [7, 11) is 1.53. The Morgan fingerprint density at radius 2 is 1.65 bits per heavy atom. The summed E-state index contributed by atoms with van der Waals surface area (Å²) in [5.74, 6) is -0.287.